The number of aromatic nitrogens is 2. The molecule has 5 heteroatoms. The van der Waals surface area contributed by atoms with Gasteiger partial charge in [0.05, 0.1) is 25.5 Å². The number of ether oxygens (including phenoxy) is 2. The summed E-state index contributed by atoms with van der Waals surface area (Å²) in [5.74, 6) is 1.47. The number of nitrogens with zero attached hydrogens (tertiary/aromatic N) is 2. The van der Waals surface area contributed by atoms with E-state index in [1.807, 2.05) is 27.7 Å². The summed E-state index contributed by atoms with van der Waals surface area (Å²) in [4.78, 5) is 8.49. The fraction of sp³-hybridized carbons (Fsp3) is 0.692. The van der Waals surface area contributed by atoms with Crippen molar-refractivity contribution in [3.63, 3.8) is 0 Å². The molecule has 18 heavy (non-hydrogen) atoms. The second-order valence-corrected chi connectivity index (χ2v) is 4.62. The van der Waals surface area contributed by atoms with Gasteiger partial charge in [0.25, 0.3) is 0 Å². The second-order valence-electron chi connectivity index (χ2n) is 4.62. The normalized spacial score (nSPS) is 11.3. The quantitative estimate of drug-likeness (QED) is 0.753. The predicted octanol–water partition coefficient (Wildman–Crippen LogP) is 1.90. The van der Waals surface area contributed by atoms with E-state index >= 15 is 0 Å². The van der Waals surface area contributed by atoms with Gasteiger partial charge >= 0.3 is 0 Å². The fourth-order valence-electron chi connectivity index (χ4n) is 1.37. The Morgan fingerprint density at radius 1 is 1.22 bits per heavy atom. The lowest BCUT2D eigenvalue weighted by Crippen LogP contribution is -2.13. The van der Waals surface area contributed by atoms with Gasteiger partial charge in [-0.2, -0.15) is 0 Å². The highest BCUT2D eigenvalue weighted by Gasteiger charge is 2.10. The van der Waals surface area contributed by atoms with Crippen molar-refractivity contribution in [2.45, 2.75) is 46.3 Å². The maximum absolute atomic E-state index is 9.27. The summed E-state index contributed by atoms with van der Waals surface area (Å²) in [5.41, 5.74) is 0.526. The largest absolute Gasteiger partial charge is 0.488 e. The van der Waals surface area contributed by atoms with Crippen LogP contribution in [0.1, 0.15) is 45.1 Å². The van der Waals surface area contributed by atoms with Crippen molar-refractivity contribution in [2.75, 3.05) is 13.2 Å². The lowest BCUT2D eigenvalue weighted by molar-refractivity contribution is 0.0545. The maximum atomic E-state index is 9.27. The molecule has 0 aliphatic carbocycles. The average molecular weight is 254 g/mol. The van der Waals surface area contributed by atoms with E-state index in [-0.39, 0.29) is 18.6 Å². The molecule has 0 aliphatic rings. The minimum Gasteiger partial charge on any atom is -0.488 e. The van der Waals surface area contributed by atoms with E-state index in [2.05, 4.69) is 9.97 Å². The highest BCUT2D eigenvalue weighted by molar-refractivity contribution is 5.24. The fourth-order valence-corrected chi connectivity index (χ4v) is 1.37. The molecular weight excluding hydrogens is 232 g/mol. The highest BCUT2D eigenvalue weighted by Crippen LogP contribution is 2.18. The van der Waals surface area contributed by atoms with E-state index in [0.717, 1.165) is 0 Å². The van der Waals surface area contributed by atoms with E-state index in [0.29, 0.717) is 30.5 Å². The summed E-state index contributed by atoms with van der Waals surface area (Å²) in [6.07, 6.45) is 1.80. The third-order valence-corrected chi connectivity index (χ3v) is 2.31. The molecule has 1 N–H and O–H groups in total. The molecular formula is C13H22N2O3. The van der Waals surface area contributed by atoms with Crippen molar-refractivity contribution < 1.29 is 14.6 Å². The van der Waals surface area contributed by atoms with E-state index in [4.69, 9.17) is 9.47 Å². The van der Waals surface area contributed by atoms with Gasteiger partial charge in [-0.1, -0.05) is 13.8 Å². The minimum atomic E-state index is -0.150. The van der Waals surface area contributed by atoms with Crippen LogP contribution in [-0.2, 0) is 11.3 Å². The number of hydrogen-bond acceptors (Lipinski definition) is 5. The summed E-state index contributed by atoms with van der Waals surface area (Å²) in [7, 11) is 0. The van der Waals surface area contributed by atoms with Crippen LogP contribution < -0.4 is 4.74 Å². The van der Waals surface area contributed by atoms with Gasteiger partial charge in [-0.25, -0.2) is 9.97 Å². The Morgan fingerprint density at radius 2 is 1.94 bits per heavy atom. The first-order valence-corrected chi connectivity index (χ1v) is 6.25. The zero-order valence-corrected chi connectivity index (χ0v) is 11.5. The van der Waals surface area contributed by atoms with Crippen LogP contribution in [0.3, 0.4) is 0 Å². The molecule has 1 rings (SSSR count). The summed E-state index contributed by atoms with van der Waals surface area (Å²) >= 11 is 0. The van der Waals surface area contributed by atoms with Crippen LogP contribution in [0.2, 0.25) is 0 Å². The lowest BCUT2D eigenvalue weighted by Gasteiger charge is -2.12. The van der Waals surface area contributed by atoms with Crippen LogP contribution in [0.5, 0.6) is 5.75 Å². The standard InChI is InChI=1S/C13H22N2O3/c1-9(2)13-14-7-12(11(8-16)15-13)18-6-5-17-10(3)4/h7,9-10,16H,5-6,8H2,1-4H3. The number of aliphatic hydroxyl groups excluding tert-OH is 1. The first-order valence-electron chi connectivity index (χ1n) is 6.25. The van der Waals surface area contributed by atoms with Gasteiger partial charge in [-0.15, -0.1) is 0 Å². The van der Waals surface area contributed by atoms with Crippen LogP contribution in [-0.4, -0.2) is 34.4 Å². The van der Waals surface area contributed by atoms with Crippen LogP contribution in [0.25, 0.3) is 0 Å². The monoisotopic (exact) mass is 254 g/mol. The molecule has 0 saturated carbocycles. The molecule has 0 spiro atoms. The SMILES string of the molecule is CC(C)OCCOc1cnc(C(C)C)nc1CO. The summed E-state index contributed by atoms with van der Waals surface area (Å²) in [5, 5.41) is 9.27. The van der Waals surface area contributed by atoms with Gasteiger partial charge in [0.15, 0.2) is 5.75 Å². The van der Waals surface area contributed by atoms with Crippen molar-refractivity contribution in [3.8, 4) is 5.75 Å². The molecule has 0 aromatic carbocycles. The Labute approximate surface area is 108 Å². The molecule has 0 unspecified atom stereocenters. The highest BCUT2D eigenvalue weighted by atomic mass is 16.5. The first-order chi connectivity index (χ1) is 8.54. The molecule has 5 nitrogen and oxygen atoms in total. The Morgan fingerprint density at radius 3 is 2.50 bits per heavy atom. The van der Waals surface area contributed by atoms with Gasteiger partial charge in [0.2, 0.25) is 0 Å². The first kappa shape index (κ1) is 14.9. The Bertz CT molecular complexity index is 367. The van der Waals surface area contributed by atoms with Crippen molar-refractivity contribution in [2.24, 2.45) is 0 Å². The van der Waals surface area contributed by atoms with Crippen molar-refractivity contribution in [3.05, 3.63) is 17.7 Å². The van der Waals surface area contributed by atoms with Crippen molar-refractivity contribution in [1.82, 2.24) is 9.97 Å². The third kappa shape index (κ3) is 4.58. The smallest absolute Gasteiger partial charge is 0.161 e. The van der Waals surface area contributed by atoms with Crippen LogP contribution >= 0.6 is 0 Å². The molecule has 0 radical (unpaired) electrons. The van der Waals surface area contributed by atoms with E-state index in [9.17, 15) is 5.11 Å². The zero-order valence-electron chi connectivity index (χ0n) is 11.5. The molecule has 0 amide bonds. The van der Waals surface area contributed by atoms with Crippen LogP contribution in [0.15, 0.2) is 6.20 Å². The molecule has 1 aromatic rings. The molecule has 0 fully saturated rings. The topological polar surface area (TPSA) is 64.5 Å². The molecule has 0 bridgehead atoms. The number of rotatable bonds is 7. The number of hydrogen-bond donors (Lipinski definition) is 1. The number of aliphatic hydroxyl groups is 1. The third-order valence-electron chi connectivity index (χ3n) is 2.31. The maximum Gasteiger partial charge on any atom is 0.161 e. The molecule has 1 heterocycles. The lowest BCUT2D eigenvalue weighted by atomic mass is 10.2. The predicted molar refractivity (Wildman–Crippen MR) is 68.6 cm³/mol. The van der Waals surface area contributed by atoms with E-state index in [1.165, 1.54) is 0 Å². The Kier molecular flexibility index (Phi) is 6.01. The average Bonchev–Trinajstić information content (AvgIpc) is 2.34. The van der Waals surface area contributed by atoms with Gasteiger partial charge in [-0.05, 0) is 13.8 Å². The summed E-state index contributed by atoms with van der Waals surface area (Å²) < 4.78 is 10.9. The molecule has 0 aliphatic heterocycles. The van der Waals surface area contributed by atoms with E-state index in [1.54, 1.807) is 6.20 Å². The van der Waals surface area contributed by atoms with Crippen molar-refractivity contribution >= 4 is 0 Å². The second kappa shape index (κ2) is 7.28. The van der Waals surface area contributed by atoms with Crippen LogP contribution in [0, 0.1) is 0 Å². The summed E-state index contributed by atoms with van der Waals surface area (Å²) in [6.45, 7) is 8.74. The van der Waals surface area contributed by atoms with E-state index < -0.39 is 0 Å². The van der Waals surface area contributed by atoms with Crippen molar-refractivity contribution in [1.29, 1.82) is 0 Å². The van der Waals surface area contributed by atoms with Gasteiger partial charge in [-0.3, -0.25) is 0 Å². The molecule has 102 valence electrons. The molecule has 0 atom stereocenters. The Balaban J connectivity index is 2.59. The molecule has 0 saturated heterocycles. The Hall–Kier alpha value is -1.20. The summed E-state index contributed by atoms with van der Waals surface area (Å²) in [6, 6.07) is 0. The van der Waals surface area contributed by atoms with Gasteiger partial charge in [0.1, 0.15) is 18.1 Å². The zero-order chi connectivity index (χ0) is 13.5. The van der Waals surface area contributed by atoms with Gasteiger partial charge in [0, 0.05) is 5.92 Å². The van der Waals surface area contributed by atoms with Crippen LogP contribution in [0.4, 0.5) is 0 Å². The minimum absolute atomic E-state index is 0.150. The molecule has 1 aromatic heterocycles. The van der Waals surface area contributed by atoms with Gasteiger partial charge < -0.3 is 14.6 Å².